The molecule has 4 aromatic carbocycles. The van der Waals surface area contributed by atoms with Crippen LogP contribution in [0.2, 0.25) is 0 Å². The zero-order valence-electron chi connectivity index (χ0n) is 44.5. The largest absolute Gasteiger partial charge is 1.00 e. The second-order valence-corrected chi connectivity index (χ2v) is 17.7. The number of ether oxygens (including phenoxy) is 12. The van der Waals surface area contributed by atoms with Gasteiger partial charge in [0, 0.05) is 38.5 Å². The van der Waals surface area contributed by atoms with Crippen LogP contribution >= 0.6 is 0 Å². The van der Waals surface area contributed by atoms with Crippen molar-refractivity contribution in [3.63, 3.8) is 0 Å². The van der Waals surface area contributed by atoms with Crippen molar-refractivity contribution in [1.29, 1.82) is 0 Å². The van der Waals surface area contributed by atoms with Gasteiger partial charge in [-0.25, -0.2) is 0 Å². The summed E-state index contributed by atoms with van der Waals surface area (Å²) in [5, 5.41) is 0. The highest BCUT2D eigenvalue weighted by molar-refractivity contribution is 5.77. The fourth-order valence-electron chi connectivity index (χ4n) is 8.51. The van der Waals surface area contributed by atoms with Gasteiger partial charge in [-0.15, -0.1) is 0 Å². The number of esters is 2. The number of quaternary nitrogens is 2. The van der Waals surface area contributed by atoms with E-state index in [4.69, 9.17) is 56.8 Å². The molecule has 4 aromatic rings. The van der Waals surface area contributed by atoms with E-state index in [1.54, 1.807) is 71.1 Å². The highest BCUT2D eigenvalue weighted by atomic mass is 35.5. The summed E-state index contributed by atoms with van der Waals surface area (Å²) < 4.78 is 68.3. The van der Waals surface area contributed by atoms with Gasteiger partial charge in [0.05, 0.1) is 151 Å². The monoisotopic (exact) mass is 1050 g/mol. The molecule has 0 aliphatic heterocycles. The average Bonchev–Trinajstić information content (AvgIpc) is 3.39. The molecule has 0 fully saturated rings. The van der Waals surface area contributed by atoms with E-state index in [9.17, 15) is 9.59 Å². The molecule has 0 aliphatic rings. The third-order valence-electron chi connectivity index (χ3n) is 12.9. The van der Waals surface area contributed by atoms with Gasteiger partial charge < -0.3 is 90.6 Å². The van der Waals surface area contributed by atoms with Crippen LogP contribution in [0, 0.1) is 0 Å². The molecule has 0 amide bonds. The molecule has 4 rings (SSSR count). The third-order valence-corrected chi connectivity index (χ3v) is 12.9. The molecule has 0 radical (unpaired) electrons. The highest BCUT2D eigenvalue weighted by Crippen LogP contribution is 2.40. The summed E-state index contributed by atoms with van der Waals surface area (Å²) in [7, 11) is 20.6. The Bertz CT molecular complexity index is 2080. The molecule has 72 heavy (non-hydrogen) atoms. The molecule has 0 heterocycles. The Kier molecular flexibility index (Phi) is 27.5. The quantitative estimate of drug-likeness (QED) is 0.0387. The van der Waals surface area contributed by atoms with E-state index in [-0.39, 0.29) is 50.9 Å². The standard InChI is InChI=1S/C54H78N2O14.2ClH/c1-55(27-21-39-15-17-43(59-3)45(33-39)61-5,29-23-41-35-47(63-7)53(67-11)48(36-41)64-8)25-13-31-69-51(57)19-20-52(58)70-32-14-26-56(2,28-22-40-16-18-44(60-4)46(34-40)62-6)30-24-42-37-49(65-9)54(68-12)50(38-42)66-10;;/h15-18,33-38H,13-14,19-32H2,1-12H3;2*1H/q+2;;/p-2. The molecule has 0 saturated heterocycles. The predicted molar refractivity (Wildman–Crippen MR) is 268 cm³/mol. The number of methoxy groups -OCH3 is 10. The van der Waals surface area contributed by atoms with Gasteiger partial charge in [0.1, 0.15) is 0 Å². The number of hydrogen-bond acceptors (Lipinski definition) is 14. The Morgan fingerprint density at radius 3 is 0.917 bits per heavy atom. The van der Waals surface area contributed by atoms with Crippen molar-refractivity contribution in [3.05, 3.63) is 82.9 Å². The fraction of sp³-hybridized carbons (Fsp3) is 0.519. The Balaban J connectivity index is 0.00000888. The second-order valence-electron chi connectivity index (χ2n) is 17.7. The van der Waals surface area contributed by atoms with E-state index < -0.39 is 11.9 Å². The fourth-order valence-corrected chi connectivity index (χ4v) is 8.51. The van der Waals surface area contributed by atoms with Crippen LogP contribution in [-0.4, -0.2) is 159 Å². The molecule has 0 saturated carbocycles. The maximum absolute atomic E-state index is 12.9. The SMILES string of the molecule is COc1ccc(CC[N+](C)(CCCOC(=O)CCC(=O)OCCC[N+](C)(CCc2ccc(OC)c(OC)c2)CCc2cc(OC)c(OC)c(OC)c2)CCc2cc(OC)c(OC)c(OC)c2)cc1OC.[Cl-].[Cl-]. The van der Waals surface area contributed by atoms with Gasteiger partial charge in [0.25, 0.3) is 0 Å². The van der Waals surface area contributed by atoms with Gasteiger partial charge in [-0.2, -0.15) is 0 Å². The summed E-state index contributed by atoms with van der Waals surface area (Å²) in [5.74, 6) is 5.39. The smallest absolute Gasteiger partial charge is 0.306 e. The molecule has 0 bridgehead atoms. The van der Waals surface area contributed by atoms with Crippen molar-refractivity contribution in [3.8, 4) is 57.5 Å². The second kappa shape index (κ2) is 31.7. The van der Waals surface area contributed by atoms with Crippen molar-refractivity contribution in [1.82, 2.24) is 0 Å². The molecular weight excluding hydrogens is 971 g/mol. The van der Waals surface area contributed by atoms with Crippen LogP contribution in [0.4, 0.5) is 0 Å². The molecule has 0 aromatic heterocycles. The van der Waals surface area contributed by atoms with Gasteiger partial charge in [-0.3, -0.25) is 9.59 Å². The van der Waals surface area contributed by atoms with Gasteiger partial charge in [0.15, 0.2) is 46.0 Å². The van der Waals surface area contributed by atoms with Crippen LogP contribution in [0.1, 0.15) is 47.9 Å². The molecule has 0 spiro atoms. The lowest BCUT2D eigenvalue weighted by atomic mass is 10.1. The molecular formula is C54H78Cl2N2O14. The number of benzene rings is 4. The zero-order chi connectivity index (χ0) is 51.1. The van der Waals surface area contributed by atoms with E-state index in [1.165, 1.54) is 0 Å². The van der Waals surface area contributed by atoms with Gasteiger partial charge >= 0.3 is 11.9 Å². The molecule has 16 nitrogen and oxygen atoms in total. The number of carbonyl (C=O) groups excluding carboxylic acids is 2. The molecule has 2 unspecified atom stereocenters. The maximum atomic E-state index is 12.9. The van der Waals surface area contributed by atoms with Crippen LogP contribution < -0.4 is 72.2 Å². The van der Waals surface area contributed by atoms with Crippen LogP contribution in [0.25, 0.3) is 0 Å². The number of hydrogen-bond donors (Lipinski definition) is 0. The highest BCUT2D eigenvalue weighted by Gasteiger charge is 2.26. The van der Waals surface area contributed by atoms with E-state index in [0.29, 0.717) is 79.3 Å². The van der Waals surface area contributed by atoms with Crippen molar-refractivity contribution in [2.24, 2.45) is 0 Å². The first-order chi connectivity index (χ1) is 33.7. The van der Waals surface area contributed by atoms with E-state index in [2.05, 4.69) is 26.2 Å². The summed E-state index contributed by atoms with van der Waals surface area (Å²) in [6.07, 6.45) is 4.23. The number of rotatable bonds is 33. The van der Waals surface area contributed by atoms with Crippen LogP contribution in [0.3, 0.4) is 0 Å². The molecule has 18 heteroatoms. The molecule has 0 N–H and O–H groups in total. The number of carbonyl (C=O) groups is 2. The van der Waals surface area contributed by atoms with E-state index in [1.807, 2.05) is 48.5 Å². The Morgan fingerprint density at radius 2 is 0.639 bits per heavy atom. The number of nitrogens with zero attached hydrogens (tertiary/aromatic N) is 2. The normalized spacial score (nSPS) is 12.3. The summed E-state index contributed by atoms with van der Waals surface area (Å²) in [5.41, 5.74) is 4.35. The van der Waals surface area contributed by atoms with Gasteiger partial charge in [-0.1, -0.05) is 12.1 Å². The summed E-state index contributed by atoms with van der Waals surface area (Å²) in [6.45, 7) is 5.22. The molecule has 0 aliphatic carbocycles. The van der Waals surface area contributed by atoms with Crippen molar-refractivity contribution < 1.29 is 100 Å². The maximum Gasteiger partial charge on any atom is 0.306 e. The lowest BCUT2D eigenvalue weighted by Crippen LogP contribution is -3.00. The summed E-state index contributed by atoms with van der Waals surface area (Å²) >= 11 is 0. The summed E-state index contributed by atoms with van der Waals surface area (Å²) in [6, 6.07) is 19.9. The predicted octanol–water partition coefficient (Wildman–Crippen LogP) is 1.59. The lowest BCUT2D eigenvalue weighted by molar-refractivity contribution is -0.909. The van der Waals surface area contributed by atoms with Crippen molar-refractivity contribution in [2.75, 3.05) is 138 Å². The lowest BCUT2D eigenvalue weighted by Gasteiger charge is -2.35. The van der Waals surface area contributed by atoms with Crippen molar-refractivity contribution >= 4 is 11.9 Å². The average molecular weight is 1050 g/mol. The van der Waals surface area contributed by atoms with E-state index >= 15 is 0 Å². The summed E-state index contributed by atoms with van der Waals surface area (Å²) in [4.78, 5) is 25.8. The molecule has 402 valence electrons. The van der Waals surface area contributed by atoms with Crippen LogP contribution in [0.5, 0.6) is 57.5 Å². The number of halogens is 2. The molecule has 2 atom stereocenters. The van der Waals surface area contributed by atoms with Gasteiger partial charge in [0.2, 0.25) is 11.5 Å². The minimum atomic E-state index is -0.430. The minimum absolute atomic E-state index is 0. The van der Waals surface area contributed by atoms with Crippen LogP contribution in [-0.2, 0) is 44.7 Å². The van der Waals surface area contributed by atoms with Gasteiger partial charge in [-0.05, 0) is 70.8 Å². The minimum Gasteiger partial charge on any atom is -1.00 e. The topological polar surface area (TPSA) is 145 Å². The number of likely N-dealkylation sites (N-methyl/N-ethyl adjacent to an activating group) is 2. The first-order valence-corrected chi connectivity index (χ1v) is 23.7. The zero-order valence-corrected chi connectivity index (χ0v) is 46.0. The Morgan fingerprint density at radius 1 is 0.361 bits per heavy atom. The van der Waals surface area contributed by atoms with E-state index in [0.717, 1.165) is 87.2 Å². The van der Waals surface area contributed by atoms with Crippen LogP contribution in [0.15, 0.2) is 60.7 Å². The Labute approximate surface area is 439 Å². The Hall–Kier alpha value is -5.68. The van der Waals surface area contributed by atoms with Crippen molar-refractivity contribution in [2.45, 2.75) is 51.4 Å². The third kappa shape index (κ3) is 18.7. The first-order valence-electron chi connectivity index (χ1n) is 23.7. The first kappa shape index (κ1) is 62.4.